The highest BCUT2D eigenvalue weighted by Gasteiger charge is 2.42. The van der Waals surface area contributed by atoms with Gasteiger partial charge in [-0.25, -0.2) is 0 Å². The minimum absolute atomic E-state index is 0.00458. The SMILES string of the molecule is OC(COc1cccc(Cl)c1)C1CCOC2(CCSC2)C1. The summed E-state index contributed by atoms with van der Waals surface area (Å²) in [6, 6.07) is 7.29. The van der Waals surface area contributed by atoms with Gasteiger partial charge in [-0.05, 0) is 49.1 Å². The molecule has 1 spiro atoms. The summed E-state index contributed by atoms with van der Waals surface area (Å²) >= 11 is 7.88. The molecule has 2 fully saturated rings. The minimum atomic E-state index is -0.449. The summed E-state index contributed by atoms with van der Waals surface area (Å²) in [4.78, 5) is 0. The standard InChI is InChI=1S/C16H21ClO3S/c17-13-2-1-3-14(8-13)19-10-15(18)12-4-6-20-16(9-12)5-7-21-11-16/h1-3,8,12,15,18H,4-7,9-11H2. The van der Waals surface area contributed by atoms with E-state index in [-0.39, 0.29) is 11.5 Å². The maximum atomic E-state index is 10.4. The number of rotatable bonds is 4. The van der Waals surface area contributed by atoms with Crippen LogP contribution in [0, 0.1) is 5.92 Å². The lowest BCUT2D eigenvalue weighted by Gasteiger charge is -2.39. The lowest BCUT2D eigenvalue weighted by atomic mass is 9.82. The monoisotopic (exact) mass is 328 g/mol. The molecule has 3 nitrogen and oxygen atoms in total. The van der Waals surface area contributed by atoms with Crippen molar-refractivity contribution in [1.29, 1.82) is 0 Å². The van der Waals surface area contributed by atoms with Crippen molar-refractivity contribution in [2.24, 2.45) is 5.92 Å². The molecule has 0 amide bonds. The number of benzene rings is 1. The topological polar surface area (TPSA) is 38.7 Å². The average molecular weight is 329 g/mol. The maximum Gasteiger partial charge on any atom is 0.120 e. The van der Waals surface area contributed by atoms with Crippen LogP contribution >= 0.6 is 23.4 Å². The van der Waals surface area contributed by atoms with E-state index < -0.39 is 6.10 Å². The van der Waals surface area contributed by atoms with Gasteiger partial charge in [-0.1, -0.05) is 17.7 Å². The molecular weight excluding hydrogens is 308 g/mol. The molecule has 0 bridgehead atoms. The molecule has 1 N–H and O–H groups in total. The molecule has 21 heavy (non-hydrogen) atoms. The maximum absolute atomic E-state index is 10.4. The molecule has 1 aromatic carbocycles. The van der Waals surface area contributed by atoms with Gasteiger partial charge in [0.05, 0.1) is 11.7 Å². The van der Waals surface area contributed by atoms with Gasteiger partial charge >= 0.3 is 0 Å². The van der Waals surface area contributed by atoms with Gasteiger partial charge in [-0.3, -0.25) is 0 Å². The Labute approximate surface area is 135 Å². The Morgan fingerprint density at radius 3 is 3.19 bits per heavy atom. The van der Waals surface area contributed by atoms with E-state index in [0.29, 0.717) is 17.4 Å². The molecule has 2 heterocycles. The summed E-state index contributed by atoms with van der Waals surface area (Å²) < 4.78 is 11.7. The van der Waals surface area contributed by atoms with Gasteiger partial charge in [-0.15, -0.1) is 0 Å². The molecule has 0 aliphatic carbocycles. The molecule has 2 aliphatic heterocycles. The normalized spacial score (nSPS) is 30.5. The summed E-state index contributed by atoms with van der Waals surface area (Å²) in [5, 5.41) is 11.1. The van der Waals surface area contributed by atoms with Crippen LogP contribution in [-0.2, 0) is 4.74 Å². The number of hydrogen-bond donors (Lipinski definition) is 1. The Morgan fingerprint density at radius 1 is 1.52 bits per heavy atom. The van der Waals surface area contributed by atoms with Gasteiger partial charge in [0.1, 0.15) is 12.4 Å². The van der Waals surface area contributed by atoms with Crippen LogP contribution < -0.4 is 4.74 Å². The van der Waals surface area contributed by atoms with Gasteiger partial charge in [0.15, 0.2) is 0 Å². The van der Waals surface area contributed by atoms with Crippen LogP contribution in [0.2, 0.25) is 5.02 Å². The molecular formula is C16H21ClO3S. The predicted molar refractivity (Wildman–Crippen MR) is 86.3 cm³/mol. The van der Waals surface area contributed by atoms with E-state index in [1.807, 2.05) is 30.0 Å². The fraction of sp³-hybridized carbons (Fsp3) is 0.625. The van der Waals surface area contributed by atoms with Crippen molar-refractivity contribution in [2.75, 3.05) is 24.7 Å². The van der Waals surface area contributed by atoms with Crippen molar-refractivity contribution in [1.82, 2.24) is 0 Å². The number of aliphatic hydroxyl groups is 1. The highest BCUT2D eigenvalue weighted by Crippen LogP contribution is 2.41. The van der Waals surface area contributed by atoms with Gasteiger partial charge in [0, 0.05) is 17.4 Å². The molecule has 1 aromatic rings. The van der Waals surface area contributed by atoms with Crippen LogP contribution in [-0.4, -0.2) is 41.5 Å². The quantitative estimate of drug-likeness (QED) is 0.919. The van der Waals surface area contributed by atoms with E-state index in [9.17, 15) is 5.11 Å². The largest absolute Gasteiger partial charge is 0.491 e. The Balaban J connectivity index is 1.54. The number of halogens is 1. The van der Waals surface area contributed by atoms with Gasteiger partial charge in [0.2, 0.25) is 0 Å². The van der Waals surface area contributed by atoms with Crippen molar-refractivity contribution in [3.05, 3.63) is 29.3 Å². The summed E-state index contributed by atoms with van der Waals surface area (Å²) in [6.45, 7) is 1.06. The lowest BCUT2D eigenvalue weighted by Crippen LogP contribution is -2.44. The third-order valence-corrected chi connectivity index (χ3v) is 5.82. The number of ether oxygens (including phenoxy) is 2. The Bertz CT molecular complexity index is 476. The molecule has 5 heteroatoms. The van der Waals surface area contributed by atoms with Crippen molar-refractivity contribution >= 4 is 23.4 Å². The van der Waals surface area contributed by atoms with E-state index in [1.54, 1.807) is 6.07 Å². The first kappa shape index (κ1) is 15.5. The first-order chi connectivity index (χ1) is 10.2. The minimum Gasteiger partial charge on any atom is -0.491 e. The zero-order valence-electron chi connectivity index (χ0n) is 12.0. The first-order valence-electron chi connectivity index (χ1n) is 7.45. The highest BCUT2D eigenvalue weighted by atomic mass is 35.5. The average Bonchev–Trinajstić information content (AvgIpc) is 2.93. The second-order valence-electron chi connectivity index (χ2n) is 5.92. The van der Waals surface area contributed by atoms with Crippen LogP contribution in [0.15, 0.2) is 24.3 Å². The molecule has 3 atom stereocenters. The van der Waals surface area contributed by atoms with E-state index in [0.717, 1.165) is 31.6 Å². The number of thioether (sulfide) groups is 1. The summed E-state index contributed by atoms with van der Waals surface area (Å²) in [5.41, 5.74) is 0.00458. The molecule has 2 aliphatic rings. The van der Waals surface area contributed by atoms with E-state index in [1.165, 1.54) is 5.75 Å². The molecule has 0 saturated carbocycles. The van der Waals surface area contributed by atoms with Gasteiger partial charge < -0.3 is 14.6 Å². The summed E-state index contributed by atoms with van der Waals surface area (Å²) in [5.74, 6) is 3.20. The molecule has 116 valence electrons. The van der Waals surface area contributed by atoms with E-state index >= 15 is 0 Å². The zero-order valence-corrected chi connectivity index (χ0v) is 13.5. The third-order valence-electron chi connectivity index (χ3n) is 4.36. The Morgan fingerprint density at radius 2 is 2.43 bits per heavy atom. The first-order valence-corrected chi connectivity index (χ1v) is 8.98. The fourth-order valence-corrected chi connectivity index (χ4v) is 4.69. The highest BCUT2D eigenvalue weighted by molar-refractivity contribution is 7.99. The Hall–Kier alpha value is -0.420. The van der Waals surface area contributed by atoms with Crippen LogP contribution in [0.3, 0.4) is 0 Å². The molecule has 3 rings (SSSR count). The van der Waals surface area contributed by atoms with Crippen molar-refractivity contribution in [3.8, 4) is 5.75 Å². The molecule has 0 radical (unpaired) electrons. The van der Waals surface area contributed by atoms with Crippen molar-refractivity contribution < 1.29 is 14.6 Å². The predicted octanol–water partition coefficient (Wildman–Crippen LogP) is 3.38. The second-order valence-corrected chi connectivity index (χ2v) is 7.46. The smallest absolute Gasteiger partial charge is 0.120 e. The number of hydrogen-bond acceptors (Lipinski definition) is 4. The van der Waals surface area contributed by atoms with Crippen LogP contribution in [0.1, 0.15) is 19.3 Å². The van der Waals surface area contributed by atoms with Crippen LogP contribution in [0.5, 0.6) is 5.75 Å². The second kappa shape index (κ2) is 6.78. The van der Waals surface area contributed by atoms with E-state index in [2.05, 4.69) is 0 Å². The lowest BCUT2D eigenvalue weighted by molar-refractivity contribution is -0.105. The Kier molecular flexibility index (Phi) is 4.99. The molecule has 2 saturated heterocycles. The zero-order chi connectivity index (χ0) is 14.7. The summed E-state index contributed by atoms with van der Waals surface area (Å²) in [6.07, 6.45) is 2.51. The van der Waals surface area contributed by atoms with Crippen LogP contribution in [0.25, 0.3) is 0 Å². The third kappa shape index (κ3) is 3.86. The van der Waals surface area contributed by atoms with Crippen molar-refractivity contribution in [3.63, 3.8) is 0 Å². The van der Waals surface area contributed by atoms with Gasteiger partial charge in [-0.2, -0.15) is 11.8 Å². The molecule has 3 unspecified atom stereocenters. The summed E-state index contributed by atoms with van der Waals surface area (Å²) in [7, 11) is 0. The van der Waals surface area contributed by atoms with Gasteiger partial charge in [0.25, 0.3) is 0 Å². The fourth-order valence-electron chi connectivity index (χ4n) is 3.13. The van der Waals surface area contributed by atoms with Crippen molar-refractivity contribution in [2.45, 2.75) is 31.0 Å². The molecule has 0 aromatic heterocycles. The van der Waals surface area contributed by atoms with Crippen LogP contribution in [0.4, 0.5) is 0 Å². The van der Waals surface area contributed by atoms with E-state index in [4.69, 9.17) is 21.1 Å². The number of aliphatic hydroxyl groups excluding tert-OH is 1.